The summed E-state index contributed by atoms with van der Waals surface area (Å²) in [7, 11) is 1.48. The fourth-order valence-corrected chi connectivity index (χ4v) is 2.41. The minimum absolute atomic E-state index is 0.267. The van der Waals surface area contributed by atoms with Crippen molar-refractivity contribution in [3.8, 4) is 5.75 Å². The van der Waals surface area contributed by atoms with Crippen LogP contribution in [0.2, 0.25) is 5.02 Å². The van der Waals surface area contributed by atoms with E-state index >= 15 is 0 Å². The molecule has 2 amide bonds. The molecule has 0 fully saturated rings. The van der Waals surface area contributed by atoms with Gasteiger partial charge in [0.25, 0.3) is 0 Å². The third-order valence-electron chi connectivity index (χ3n) is 3.49. The van der Waals surface area contributed by atoms with Gasteiger partial charge in [-0.05, 0) is 37.1 Å². The third kappa shape index (κ3) is 5.19. The molecule has 1 atom stereocenters. The highest BCUT2D eigenvalue weighted by atomic mass is 35.5. The fraction of sp³-hybridized carbons (Fsp3) is 0.222. The molecule has 5 nitrogen and oxygen atoms in total. The lowest BCUT2D eigenvalue weighted by atomic mass is 10.1. The highest BCUT2D eigenvalue weighted by Gasteiger charge is 2.18. The molecular formula is C18H18ClFN2O3. The van der Waals surface area contributed by atoms with Crippen molar-refractivity contribution in [3.63, 3.8) is 0 Å². The second-order valence-corrected chi connectivity index (χ2v) is 5.88. The van der Waals surface area contributed by atoms with E-state index in [9.17, 15) is 14.0 Å². The van der Waals surface area contributed by atoms with Crippen LogP contribution in [0, 0.1) is 5.82 Å². The van der Waals surface area contributed by atoms with Gasteiger partial charge in [0.05, 0.1) is 17.8 Å². The number of halogens is 2. The average molecular weight is 365 g/mol. The SMILES string of the molecule is COc1ccc(Cl)c(NC(=O)C(=O)NC(C)Cc2ccccc2F)c1. The number of nitrogens with one attached hydrogen (secondary N) is 2. The molecule has 0 aliphatic carbocycles. The Morgan fingerprint density at radius 1 is 1.20 bits per heavy atom. The molecule has 25 heavy (non-hydrogen) atoms. The molecule has 0 aromatic heterocycles. The van der Waals surface area contributed by atoms with Gasteiger partial charge in [-0.2, -0.15) is 0 Å². The first-order valence-electron chi connectivity index (χ1n) is 7.59. The van der Waals surface area contributed by atoms with Crippen molar-refractivity contribution in [1.29, 1.82) is 0 Å². The lowest BCUT2D eigenvalue weighted by Gasteiger charge is -2.15. The molecular weight excluding hydrogens is 347 g/mol. The largest absolute Gasteiger partial charge is 0.497 e. The fourth-order valence-electron chi connectivity index (χ4n) is 2.24. The van der Waals surface area contributed by atoms with E-state index in [-0.39, 0.29) is 22.9 Å². The predicted molar refractivity (Wildman–Crippen MR) is 94.3 cm³/mol. The van der Waals surface area contributed by atoms with E-state index in [1.54, 1.807) is 37.3 Å². The maximum atomic E-state index is 13.6. The summed E-state index contributed by atoms with van der Waals surface area (Å²) in [5.41, 5.74) is 0.731. The molecule has 2 rings (SSSR count). The van der Waals surface area contributed by atoms with Crippen molar-refractivity contribution in [1.82, 2.24) is 5.32 Å². The highest BCUT2D eigenvalue weighted by molar-refractivity contribution is 6.41. The number of rotatable bonds is 5. The second-order valence-electron chi connectivity index (χ2n) is 5.47. The number of amides is 2. The molecule has 2 aromatic rings. The zero-order chi connectivity index (χ0) is 18.4. The van der Waals surface area contributed by atoms with Gasteiger partial charge in [-0.25, -0.2) is 4.39 Å². The third-order valence-corrected chi connectivity index (χ3v) is 3.82. The minimum atomic E-state index is -0.865. The minimum Gasteiger partial charge on any atom is -0.497 e. The molecule has 0 aliphatic heterocycles. The quantitative estimate of drug-likeness (QED) is 0.801. The average Bonchev–Trinajstić information content (AvgIpc) is 2.58. The van der Waals surface area contributed by atoms with Crippen LogP contribution in [0.1, 0.15) is 12.5 Å². The Morgan fingerprint density at radius 3 is 2.60 bits per heavy atom. The number of methoxy groups -OCH3 is 1. The Labute approximate surface area is 150 Å². The monoisotopic (exact) mass is 364 g/mol. The number of hydrogen-bond acceptors (Lipinski definition) is 3. The van der Waals surface area contributed by atoms with Gasteiger partial charge in [0.1, 0.15) is 11.6 Å². The Kier molecular flexibility index (Phi) is 6.36. The van der Waals surface area contributed by atoms with Gasteiger partial charge in [0.15, 0.2) is 0 Å². The van der Waals surface area contributed by atoms with Crippen LogP contribution in [0.15, 0.2) is 42.5 Å². The smallest absolute Gasteiger partial charge is 0.313 e. The molecule has 7 heteroatoms. The molecule has 0 aliphatic rings. The van der Waals surface area contributed by atoms with Crippen molar-refractivity contribution >= 4 is 29.1 Å². The van der Waals surface area contributed by atoms with Crippen molar-refractivity contribution in [3.05, 3.63) is 58.9 Å². The maximum Gasteiger partial charge on any atom is 0.313 e. The summed E-state index contributed by atoms with van der Waals surface area (Å²) < 4.78 is 18.7. The standard InChI is InChI=1S/C18H18ClFN2O3/c1-11(9-12-5-3-4-6-15(12)20)21-17(23)18(24)22-16-10-13(25-2)7-8-14(16)19/h3-8,10-11H,9H2,1-2H3,(H,21,23)(H,22,24). The molecule has 0 bridgehead atoms. The van der Waals surface area contributed by atoms with Crippen LogP contribution in [-0.2, 0) is 16.0 Å². The van der Waals surface area contributed by atoms with Crippen LogP contribution in [0.5, 0.6) is 5.75 Å². The number of benzene rings is 2. The van der Waals surface area contributed by atoms with Crippen molar-refractivity contribution in [2.45, 2.75) is 19.4 Å². The number of carbonyl (C=O) groups is 2. The molecule has 0 heterocycles. The lowest BCUT2D eigenvalue weighted by molar-refractivity contribution is -0.136. The van der Waals surface area contributed by atoms with E-state index in [0.29, 0.717) is 11.3 Å². The number of ether oxygens (including phenoxy) is 1. The Morgan fingerprint density at radius 2 is 1.92 bits per heavy atom. The summed E-state index contributed by atoms with van der Waals surface area (Å²) in [6, 6.07) is 10.6. The zero-order valence-electron chi connectivity index (χ0n) is 13.8. The normalized spacial score (nSPS) is 11.5. The first-order valence-corrected chi connectivity index (χ1v) is 7.97. The van der Waals surface area contributed by atoms with E-state index in [1.807, 2.05) is 0 Å². The van der Waals surface area contributed by atoms with Crippen LogP contribution in [0.4, 0.5) is 10.1 Å². The number of anilines is 1. The summed E-state index contributed by atoms with van der Waals surface area (Å²) >= 11 is 5.99. The molecule has 0 spiro atoms. The van der Waals surface area contributed by atoms with Crippen molar-refractivity contribution < 1.29 is 18.7 Å². The molecule has 2 aromatic carbocycles. The molecule has 1 unspecified atom stereocenters. The first-order chi connectivity index (χ1) is 11.9. The molecule has 0 saturated carbocycles. The Bertz CT molecular complexity index is 783. The van der Waals surface area contributed by atoms with Crippen LogP contribution in [-0.4, -0.2) is 25.0 Å². The summed E-state index contributed by atoms with van der Waals surface area (Å²) in [5, 5.41) is 5.24. The first kappa shape index (κ1) is 18.7. The van der Waals surface area contributed by atoms with Crippen LogP contribution in [0.25, 0.3) is 0 Å². The molecule has 0 radical (unpaired) electrons. The summed E-state index contributed by atoms with van der Waals surface area (Å²) in [6.45, 7) is 1.69. The van der Waals surface area contributed by atoms with E-state index in [0.717, 1.165) is 0 Å². The van der Waals surface area contributed by atoms with E-state index < -0.39 is 17.9 Å². The summed E-state index contributed by atoms with van der Waals surface area (Å²) in [6.07, 6.45) is 0.269. The van der Waals surface area contributed by atoms with Gasteiger partial charge in [0.2, 0.25) is 0 Å². The predicted octanol–water partition coefficient (Wildman–Crippen LogP) is 3.17. The van der Waals surface area contributed by atoms with Crippen LogP contribution >= 0.6 is 11.6 Å². The van der Waals surface area contributed by atoms with Crippen LogP contribution in [0.3, 0.4) is 0 Å². The second kappa shape index (κ2) is 8.48. The van der Waals surface area contributed by atoms with Gasteiger partial charge in [-0.15, -0.1) is 0 Å². The van der Waals surface area contributed by atoms with Gasteiger partial charge in [-0.3, -0.25) is 9.59 Å². The van der Waals surface area contributed by atoms with Gasteiger partial charge in [0, 0.05) is 12.1 Å². The maximum absolute atomic E-state index is 13.6. The summed E-state index contributed by atoms with van der Waals surface area (Å²) in [4.78, 5) is 24.0. The van der Waals surface area contributed by atoms with E-state index in [1.165, 1.54) is 19.2 Å². The van der Waals surface area contributed by atoms with E-state index in [4.69, 9.17) is 16.3 Å². The van der Waals surface area contributed by atoms with Crippen molar-refractivity contribution in [2.75, 3.05) is 12.4 Å². The van der Waals surface area contributed by atoms with Gasteiger partial charge in [-0.1, -0.05) is 29.8 Å². The lowest BCUT2D eigenvalue weighted by Crippen LogP contribution is -2.41. The molecule has 2 N–H and O–H groups in total. The van der Waals surface area contributed by atoms with Gasteiger partial charge >= 0.3 is 11.8 Å². The summed E-state index contributed by atoms with van der Waals surface area (Å²) in [5.74, 6) is -1.55. The zero-order valence-corrected chi connectivity index (χ0v) is 14.6. The van der Waals surface area contributed by atoms with Crippen LogP contribution < -0.4 is 15.4 Å². The number of hydrogen-bond donors (Lipinski definition) is 2. The Hall–Kier alpha value is -2.60. The topological polar surface area (TPSA) is 67.4 Å². The van der Waals surface area contributed by atoms with Crippen molar-refractivity contribution in [2.24, 2.45) is 0 Å². The number of carbonyl (C=O) groups excluding carboxylic acids is 2. The van der Waals surface area contributed by atoms with E-state index in [2.05, 4.69) is 10.6 Å². The Balaban J connectivity index is 1.96. The molecule has 132 valence electrons. The van der Waals surface area contributed by atoms with Gasteiger partial charge < -0.3 is 15.4 Å². The molecule has 0 saturated heterocycles. The highest BCUT2D eigenvalue weighted by Crippen LogP contribution is 2.26.